The Morgan fingerprint density at radius 1 is 1.40 bits per heavy atom. The summed E-state index contributed by atoms with van der Waals surface area (Å²) in [4.78, 5) is 12.2. The van der Waals surface area contributed by atoms with Crippen LogP contribution in [-0.4, -0.2) is 23.7 Å². The summed E-state index contributed by atoms with van der Waals surface area (Å²) in [6, 6.07) is 4.00. The van der Waals surface area contributed by atoms with Crippen LogP contribution in [0.15, 0.2) is 18.2 Å². The average Bonchev–Trinajstić information content (AvgIpc) is 2.99. The smallest absolute Gasteiger partial charge is 0.254 e. The molecule has 0 radical (unpaired) electrons. The molecule has 0 aromatic heterocycles. The van der Waals surface area contributed by atoms with Crippen LogP contribution < -0.4 is 5.32 Å². The van der Waals surface area contributed by atoms with Crippen LogP contribution in [-0.2, 0) is 0 Å². The number of amides is 1. The summed E-state index contributed by atoms with van der Waals surface area (Å²) in [6.45, 7) is 0.0786. The maximum absolute atomic E-state index is 13.7. The molecule has 5 heteroatoms. The van der Waals surface area contributed by atoms with Crippen molar-refractivity contribution in [2.45, 2.75) is 25.3 Å². The van der Waals surface area contributed by atoms with Gasteiger partial charge in [0.1, 0.15) is 5.82 Å². The van der Waals surface area contributed by atoms with E-state index in [2.05, 4.69) is 5.32 Å². The van der Waals surface area contributed by atoms with E-state index in [9.17, 15) is 14.3 Å². The van der Waals surface area contributed by atoms with E-state index in [1.165, 1.54) is 12.1 Å². The highest BCUT2D eigenvalue weighted by molar-refractivity contribution is 6.30. The number of nitrogens with one attached hydrogen (secondary N) is 1. The van der Waals surface area contributed by atoms with Gasteiger partial charge in [0.2, 0.25) is 0 Å². The monoisotopic (exact) mass is 297 g/mol. The average molecular weight is 298 g/mol. The number of aliphatic hydroxyl groups excluding tert-OH is 1. The molecule has 4 atom stereocenters. The molecule has 3 nitrogen and oxygen atoms in total. The zero-order valence-corrected chi connectivity index (χ0v) is 11.7. The molecule has 2 fully saturated rings. The van der Waals surface area contributed by atoms with E-state index < -0.39 is 11.7 Å². The zero-order chi connectivity index (χ0) is 14.3. The van der Waals surface area contributed by atoms with Crippen LogP contribution in [0, 0.1) is 23.6 Å². The summed E-state index contributed by atoms with van der Waals surface area (Å²) < 4.78 is 13.7. The standard InChI is InChI=1S/C15H17ClFNO2/c16-10-3-4-11(13(17)6-10)15(20)18-14-9-2-1-8(5-9)12(14)7-19/h3-4,6,8-9,12,14,19H,1-2,5,7H2,(H,18,20). The summed E-state index contributed by atoms with van der Waals surface area (Å²) in [5.41, 5.74) is 0.00821. The quantitative estimate of drug-likeness (QED) is 0.901. The predicted octanol–water partition coefficient (Wildman–Crippen LogP) is 2.62. The Bertz CT molecular complexity index is 537. The first-order valence-electron chi connectivity index (χ1n) is 6.97. The van der Waals surface area contributed by atoms with Crippen molar-refractivity contribution in [3.63, 3.8) is 0 Å². The number of carbonyl (C=O) groups is 1. The van der Waals surface area contributed by atoms with Gasteiger partial charge < -0.3 is 10.4 Å². The van der Waals surface area contributed by atoms with E-state index >= 15 is 0 Å². The van der Waals surface area contributed by atoms with Gasteiger partial charge in [-0.2, -0.15) is 0 Å². The van der Waals surface area contributed by atoms with Gasteiger partial charge in [0.05, 0.1) is 5.56 Å². The Balaban J connectivity index is 1.75. The number of aliphatic hydroxyl groups is 1. The molecule has 0 heterocycles. The molecule has 2 saturated carbocycles. The van der Waals surface area contributed by atoms with Crippen molar-refractivity contribution in [3.05, 3.63) is 34.6 Å². The van der Waals surface area contributed by atoms with Crippen molar-refractivity contribution in [2.75, 3.05) is 6.61 Å². The lowest BCUT2D eigenvalue weighted by atomic mass is 9.85. The van der Waals surface area contributed by atoms with Crippen LogP contribution in [0.1, 0.15) is 29.6 Å². The van der Waals surface area contributed by atoms with Gasteiger partial charge in [0.25, 0.3) is 5.91 Å². The molecule has 3 rings (SSSR count). The normalized spacial score (nSPS) is 31.6. The Hall–Kier alpha value is -1.13. The summed E-state index contributed by atoms with van der Waals surface area (Å²) in [5, 5.41) is 12.7. The topological polar surface area (TPSA) is 49.3 Å². The minimum absolute atomic E-state index is 0.00821. The molecule has 20 heavy (non-hydrogen) atoms. The lowest BCUT2D eigenvalue weighted by Crippen LogP contribution is -2.45. The number of halogens is 2. The van der Waals surface area contributed by atoms with Crippen molar-refractivity contribution < 1.29 is 14.3 Å². The Morgan fingerprint density at radius 3 is 2.85 bits per heavy atom. The van der Waals surface area contributed by atoms with Crippen LogP contribution in [0.5, 0.6) is 0 Å². The number of hydrogen-bond acceptors (Lipinski definition) is 2. The van der Waals surface area contributed by atoms with Crippen molar-refractivity contribution in [1.82, 2.24) is 5.32 Å². The largest absolute Gasteiger partial charge is 0.396 e. The number of benzene rings is 1. The van der Waals surface area contributed by atoms with Gasteiger partial charge in [-0.15, -0.1) is 0 Å². The molecule has 0 aliphatic heterocycles. The summed E-state index contributed by atoms with van der Waals surface area (Å²) in [6.07, 6.45) is 3.26. The van der Waals surface area contributed by atoms with Crippen molar-refractivity contribution >= 4 is 17.5 Å². The van der Waals surface area contributed by atoms with E-state index in [1.54, 1.807) is 0 Å². The fourth-order valence-electron chi connectivity index (χ4n) is 3.80. The molecule has 2 bridgehead atoms. The fourth-order valence-corrected chi connectivity index (χ4v) is 3.96. The Labute approximate surface area is 122 Å². The van der Waals surface area contributed by atoms with Gasteiger partial charge in [-0.3, -0.25) is 4.79 Å². The first kappa shape index (κ1) is 13.8. The molecular formula is C15H17ClFNO2. The molecule has 1 aromatic carbocycles. The fraction of sp³-hybridized carbons (Fsp3) is 0.533. The molecule has 0 saturated heterocycles. The SMILES string of the molecule is O=C(NC1C2CCC(C2)C1CO)c1ccc(Cl)cc1F. The summed E-state index contributed by atoms with van der Waals surface area (Å²) in [5.74, 6) is -0.0243. The lowest BCUT2D eigenvalue weighted by Gasteiger charge is -2.30. The first-order valence-corrected chi connectivity index (χ1v) is 7.34. The maximum atomic E-state index is 13.7. The number of rotatable bonds is 3. The molecule has 2 aliphatic carbocycles. The summed E-state index contributed by atoms with van der Waals surface area (Å²) in [7, 11) is 0. The second kappa shape index (κ2) is 5.34. The second-order valence-corrected chi connectivity index (χ2v) is 6.24. The molecular weight excluding hydrogens is 281 g/mol. The number of fused-ring (bicyclic) bond motifs is 2. The van der Waals surface area contributed by atoms with Gasteiger partial charge in [-0.25, -0.2) is 4.39 Å². The van der Waals surface area contributed by atoms with E-state index in [1.807, 2.05) is 0 Å². The maximum Gasteiger partial charge on any atom is 0.254 e. The van der Waals surface area contributed by atoms with Crippen LogP contribution >= 0.6 is 11.6 Å². The molecule has 108 valence electrons. The molecule has 2 N–H and O–H groups in total. The van der Waals surface area contributed by atoms with Crippen molar-refractivity contribution in [3.8, 4) is 0 Å². The Morgan fingerprint density at radius 2 is 2.15 bits per heavy atom. The first-order chi connectivity index (χ1) is 9.60. The van der Waals surface area contributed by atoms with Gasteiger partial charge >= 0.3 is 0 Å². The highest BCUT2D eigenvalue weighted by Gasteiger charge is 2.47. The minimum Gasteiger partial charge on any atom is -0.396 e. The summed E-state index contributed by atoms with van der Waals surface area (Å²) >= 11 is 5.68. The van der Waals surface area contributed by atoms with Crippen LogP contribution in [0.2, 0.25) is 5.02 Å². The highest BCUT2D eigenvalue weighted by atomic mass is 35.5. The number of hydrogen-bond donors (Lipinski definition) is 2. The van der Waals surface area contributed by atoms with Crippen LogP contribution in [0.3, 0.4) is 0 Å². The third-order valence-corrected chi connectivity index (χ3v) is 5.01. The van der Waals surface area contributed by atoms with E-state index in [-0.39, 0.29) is 29.2 Å². The highest BCUT2D eigenvalue weighted by Crippen LogP contribution is 2.48. The van der Waals surface area contributed by atoms with Crippen LogP contribution in [0.25, 0.3) is 0 Å². The molecule has 1 amide bonds. The minimum atomic E-state index is -0.612. The van der Waals surface area contributed by atoms with Gasteiger partial charge in [0.15, 0.2) is 0 Å². The molecule has 2 aliphatic rings. The zero-order valence-electron chi connectivity index (χ0n) is 11.0. The molecule has 1 aromatic rings. The van der Waals surface area contributed by atoms with Crippen molar-refractivity contribution in [1.29, 1.82) is 0 Å². The predicted molar refractivity (Wildman–Crippen MR) is 74.1 cm³/mol. The third-order valence-electron chi connectivity index (χ3n) is 4.77. The van der Waals surface area contributed by atoms with Gasteiger partial charge in [0, 0.05) is 23.6 Å². The lowest BCUT2D eigenvalue weighted by molar-refractivity contribution is 0.0857. The number of carbonyl (C=O) groups excluding carboxylic acids is 1. The van der Waals surface area contributed by atoms with Crippen molar-refractivity contribution in [2.24, 2.45) is 17.8 Å². The van der Waals surface area contributed by atoms with E-state index in [0.717, 1.165) is 25.3 Å². The second-order valence-electron chi connectivity index (χ2n) is 5.80. The van der Waals surface area contributed by atoms with Crippen LogP contribution in [0.4, 0.5) is 4.39 Å². The van der Waals surface area contributed by atoms with Gasteiger partial charge in [-0.05, 0) is 49.3 Å². The molecule has 4 unspecified atom stereocenters. The Kier molecular flexibility index (Phi) is 3.69. The molecule has 0 spiro atoms. The van der Waals surface area contributed by atoms with Gasteiger partial charge in [-0.1, -0.05) is 11.6 Å². The van der Waals surface area contributed by atoms with E-state index in [4.69, 9.17) is 11.6 Å². The van der Waals surface area contributed by atoms with E-state index in [0.29, 0.717) is 11.8 Å². The third kappa shape index (κ3) is 2.31.